The molecule has 0 aliphatic carbocycles. The van der Waals surface area contributed by atoms with Crippen molar-refractivity contribution in [3.05, 3.63) is 69.6 Å². The minimum Gasteiger partial charge on any atom is -0.472 e. The molecule has 25 heteroatoms. The Morgan fingerprint density at radius 1 is 1.01 bits per heavy atom. The van der Waals surface area contributed by atoms with Gasteiger partial charge in [-0.2, -0.15) is 23.1 Å². The van der Waals surface area contributed by atoms with Gasteiger partial charge >= 0.3 is 12.2 Å². The largest absolute Gasteiger partial charge is 0.472 e. The van der Waals surface area contributed by atoms with E-state index in [-0.39, 0.29) is 90.7 Å². The molecule has 0 saturated carbocycles. The van der Waals surface area contributed by atoms with Gasteiger partial charge in [-0.05, 0) is 115 Å². The van der Waals surface area contributed by atoms with E-state index in [1.54, 1.807) is 23.8 Å². The van der Waals surface area contributed by atoms with Crippen molar-refractivity contribution in [3.8, 4) is 33.6 Å². The summed E-state index contributed by atoms with van der Waals surface area (Å²) >= 11 is 7.72. The maximum atomic E-state index is 17.3. The van der Waals surface area contributed by atoms with Crippen LogP contribution in [0.1, 0.15) is 122 Å². The minimum atomic E-state index is -5.02. The summed E-state index contributed by atoms with van der Waals surface area (Å²) in [5, 5.41) is 19.5. The number of alkyl halides is 3. The number of likely N-dealkylation sites (tertiary alicyclic amines) is 2. The van der Waals surface area contributed by atoms with E-state index in [4.69, 9.17) is 31.8 Å². The first kappa shape index (κ1) is 61.6. The number of aliphatic hydroxyl groups excluding tert-OH is 1. The maximum absolute atomic E-state index is 17.3. The van der Waals surface area contributed by atoms with Crippen LogP contribution in [0, 0.1) is 18.2 Å². The number of pyridine rings is 1. The number of amides is 4. The van der Waals surface area contributed by atoms with E-state index in [9.17, 15) is 37.5 Å². The molecule has 0 unspecified atom stereocenters. The van der Waals surface area contributed by atoms with Crippen molar-refractivity contribution in [2.24, 2.45) is 5.41 Å². The second-order valence-corrected chi connectivity index (χ2v) is 25.7. The first-order chi connectivity index (χ1) is 40.3. The normalized spacial score (nSPS) is 23.3. The van der Waals surface area contributed by atoms with Crippen LogP contribution in [0.2, 0.25) is 5.02 Å². The molecule has 0 spiro atoms. The average molecular weight is 1220 g/mol. The highest BCUT2D eigenvalue weighted by atomic mass is 35.5. The van der Waals surface area contributed by atoms with E-state index in [0.29, 0.717) is 38.6 Å². The molecule has 4 fully saturated rings. The molecule has 2 aromatic carbocycles. The van der Waals surface area contributed by atoms with Gasteiger partial charge in [0.15, 0.2) is 5.82 Å². The van der Waals surface area contributed by atoms with Gasteiger partial charge in [0.05, 0.1) is 56.9 Å². The lowest BCUT2D eigenvalue weighted by molar-refractivity contribution is -0.144. The van der Waals surface area contributed by atoms with Crippen LogP contribution in [0.3, 0.4) is 0 Å². The van der Waals surface area contributed by atoms with Crippen LogP contribution in [0.5, 0.6) is 11.9 Å². The summed E-state index contributed by atoms with van der Waals surface area (Å²) in [4.78, 5) is 83.4. The highest BCUT2D eigenvalue weighted by Gasteiger charge is 2.54. The van der Waals surface area contributed by atoms with E-state index in [1.807, 2.05) is 82.7 Å². The second kappa shape index (κ2) is 24.7. The van der Waals surface area contributed by atoms with E-state index < -0.39 is 99.5 Å². The van der Waals surface area contributed by atoms with Crippen molar-refractivity contribution < 1.29 is 51.3 Å². The van der Waals surface area contributed by atoms with Crippen molar-refractivity contribution in [1.29, 1.82) is 0 Å². The van der Waals surface area contributed by atoms with Gasteiger partial charge in [-0.15, -0.1) is 11.3 Å². The summed E-state index contributed by atoms with van der Waals surface area (Å²) in [5.41, 5.74) is 6.67. The van der Waals surface area contributed by atoms with Crippen LogP contribution in [-0.2, 0) is 25.4 Å². The van der Waals surface area contributed by atoms with Gasteiger partial charge in [0.1, 0.15) is 47.2 Å². The number of aryl methyl sites for hydroxylation is 1. The number of likely N-dealkylation sites (N-methyl/N-ethyl adjacent to an activating group) is 1. The molecular formula is C60H75ClF4N12O7S. The van der Waals surface area contributed by atoms with Crippen molar-refractivity contribution in [1.82, 2.24) is 50.6 Å². The molecular weight excluding hydrogens is 1140 g/mol. The molecule has 3 aromatic heterocycles. The van der Waals surface area contributed by atoms with Crippen LogP contribution in [0.15, 0.2) is 41.9 Å². The number of thiazole rings is 1. The molecule has 4 saturated heterocycles. The third kappa shape index (κ3) is 12.6. The van der Waals surface area contributed by atoms with Crippen LogP contribution in [-0.4, -0.2) is 158 Å². The number of aromatic nitrogens is 4. The number of nitrogen functional groups attached to an aromatic ring is 1. The minimum absolute atomic E-state index is 0.0277. The molecule has 5 aliphatic heterocycles. The van der Waals surface area contributed by atoms with E-state index in [0.717, 1.165) is 53.2 Å². The van der Waals surface area contributed by atoms with Gasteiger partial charge in [-0.1, -0.05) is 63.6 Å². The van der Waals surface area contributed by atoms with E-state index >= 15 is 4.39 Å². The second-order valence-electron chi connectivity index (χ2n) is 24.4. The Morgan fingerprint density at radius 3 is 2.44 bits per heavy atom. The zero-order chi connectivity index (χ0) is 61.0. The standard InChI is InChI=1S/C60H75ClF4N12O7S/c1-9-41(67-21-11-10-14-44(79)70-52(59(5,6)7)57(82)75-27-38(78)25-43(75)54(80)69-30(2)33-15-17-34(18-16-33)51-31(3)68-29-85-51)56(81)77-36-19-20-42(77)50-32(4)84-55-45-49(47(62)48(71-55)39-23-35(66)24-40(61)46(39)60(63,64)65)72-58(73-53(45)76(50)26-36)83-28-37-13-12-22-74(37)8/h15-18,23-24,29-30,32,36-38,41-43,50,52,67,78H,9-14,19-22,25-28,66H2,1-8H3,(H,69,80)(H,70,79)/t30-,32-,36+,37-,38+,41-,42-,43-,50+,52+/m0/s1. The van der Waals surface area contributed by atoms with Crippen LogP contribution < -0.4 is 36.1 Å². The number of carbonyl (C=O) groups excluding carboxylic acids is 4. The fourth-order valence-electron chi connectivity index (χ4n) is 13.0. The molecule has 6 N–H and O–H groups in total. The molecule has 85 heavy (non-hydrogen) atoms. The Balaban J connectivity index is 0.789. The molecule has 19 nitrogen and oxygen atoms in total. The maximum Gasteiger partial charge on any atom is 0.418 e. The number of halogens is 5. The lowest BCUT2D eigenvalue weighted by Crippen LogP contribution is -2.67. The van der Waals surface area contributed by atoms with Crippen molar-refractivity contribution in [3.63, 3.8) is 0 Å². The number of nitrogens with one attached hydrogen (secondary N) is 3. The number of hydrogen-bond donors (Lipinski definition) is 5. The highest BCUT2D eigenvalue weighted by molar-refractivity contribution is 7.13. The third-order valence-electron chi connectivity index (χ3n) is 17.4. The molecule has 10 atom stereocenters. The Hall–Kier alpha value is -6.47. The van der Waals surface area contributed by atoms with Crippen molar-refractivity contribution in [2.75, 3.05) is 50.5 Å². The lowest BCUT2D eigenvalue weighted by atomic mass is 9.85. The molecule has 10 rings (SSSR count). The Kier molecular flexibility index (Phi) is 17.9. The Morgan fingerprint density at radius 2 is 1.76 bits per heavy atom. The first-order valence-electron chi connectivity index (χ1n) is 29.3. The number of nitrogens with two attached hydrogens (primary N) is 1. The van der Waals surface area contributed by atoms with Gasteiger partial charge in [-0.3, -0.25) is 19.2 Å². The van der Waals surface area contributed by atoms with Gasteiger partial charge in [0.25, 0.3) is 0 Å². The predicted octanol–water partition coefficient (Wildman–Crippen LogP) is 8.23. The molecule has 5 aliphatic rings. The van der Waals surface area contributed by atoms with Crippen LogP contribution in [0.25, 0.3) is 32.6 Å². The summed E-state index contributed by atoms with van der Waals surface area (Å²) in [6, 6.07) is 5.40. The monoisotopic (exact) mass is 1220 g/mol. The van der Waals surface area contributed by atoms with Gasteiger partial charge in [0, 0.05) is 49.3 Å². The number of β-amino-alcohol motifs (C(OH)–C–C–N with tert-alkyl or cyclic N) is 1. The average Bonchev–Trinajstić information content (AvgIpc) is 1.71. The Labute approximate surface area is 500 Å². The summed E-state index contributed by atoms with van der Waals surface area (Å²) in [6.45, 7) is 14.7. The summed E-state index contributed by atoms with van der Waals surface area (Å²) < 4.78 is 74.2. The number of hydrogen-bond acceptors (Lipinski definition) is 16. The molecule has 4 amide bonds. The number of unbranched alkanes of at least 4 members (excludes halogenated alkanes) is 1. The number of nitrogens with zero attached hydrogens (tertiary/aromatic N) is 8. The smallest absolute Gasteiger partial charge is 0.418 e. The van der Waals surface area contributed by atoms with Gasteiger partial charge in [0.2, 0.25) is 29.5 Å². The SMILES string of the molecule is CC[C@H](NCCCCC(=O)N[C@H](C(=O)N1C[C@H](O)C[C@H]1C(=O)N[C@@H](C)c1ccc(-c2scnc2C)cc1)C(C)(C)C)C(=O)N1[C@@H]2CC[C@H]1[C@H]1[C@H](C)Oc3nc(-c4cc(N)cc(Cl)c4C(F)(F)F)c(F)c4nc(OC[C@@H]5CCCN5C)nc(c34)N1C2. The van der Waals surface area contributed by atoms with Crippen molar-refractivity contribution in [2.45, 2.75) is 173 Å². The highest BCUT2D eigenvalue weighted by Crippen LogP contribution is 2.49. The number of rotatable bonds is 18. The number of carbonyl (C=O) groups is 4. The molecule has 8 heterocycles. The summed E-state index contributed by atoms with van der Waals surface area (Å²) in [5.74, 6) is -2.48. The fraction of sp³-hybridized carbons (Fsp3) is 0.567. The molecule has 5 aromatic rings. The number of fused-ring (bicyclic) bond motifs is 5. The third-order valence-corrected chi connectivity index (χ3v) is 18.7. The Bertz CT molecular complexity index is 3330. The number of aliphatic hydroxyl groups is 1. The van der Waals surface area contributed by atoms with Crippen LogP contribution in [0.4, 0.5) is 29.1 Å². The van der Waals surface area contributed by atoms with Gasteiger partial charge < -0.3 is 55.9 Å². The molecule has 0 radical (unpaired) electrons. The van der Waals surface area contributed by atoms with Crippen molar-refractivity contribution >= 4 is 69.0 Å². The number of ether oxygens (including phenoxy) is 2. The van der Waals surface area contributed by atoms with Crippen LogP contribution >= 0.6 is 22.9 Å². The number of benzene rings is 2. The van der Waals surface area contributed by atoms with E-state index in [2.05, 4.69) is 35.8 Å². The van der Waals surface area contributed by atoms with E-state index in [1.165, 1.54) is 4.90 Å². The number of piperazine rings is 1. The topological polar surface area (TPSA) is 234 Å². The quantitative estimate of drug-likeness (QED) is 0.0316. The lowest BCUT2D eigenvalue weighted by Gasteiger charge is -2.49. The number of anilines is 2. The van der Waals surface area contributed by atoms with Gasteiger partial charge in [-0.25, -0.2) is 14.4 Å². The predicted molar refractivity (Wildman–Crippen MR) is 315 cm³/mol. The zero-order valence-corrected chi connectivity index (χ0v) is 50.6. The first-order valence-corrected chi connectivity index (χ1v) is 30.6. The summed E-state index contributed by atoms with van der Waals surface area (Å²) in [7, 11) is 1.97. The fourth-order valence-corrected chi connectivity index (χ4v) is 14.1. The summed E-state index contributed by atoms with van der Waals surface area (Å²) in [6.07, 6.45) is -2.12. The molecule has 2 bridgehead atoms. The molecule has 458 valence electrons. The zero-order valence-electron chi connectivity index (χ0n) is 49.1.